The number of halogens is 1. The quantitative estimate of drug-likeness (QED) is 0.893. The average molecular weight is 281 g/mol. The predicted molar refractivity (Wildman–Crippen MR) is 79.6 cm³/mol. The van der Waals surface area contributed by atoms with E-state index in [2.05, 4.69) is 24.5 Å². The maximum atomic E-state index is 12.6. The number of rotatable bonds is 3. The Hall–Kier alpha value is -1.06. The molecular formula is C15H21ClN2O. The van der Waals surface area contributed by atoms with Gasteiger partial charge < -0.3 is 10.6 Å². The van der Waals surface area contributed by atoms with E-state index in [0.717, 1.165) is 25.1 Å². The van der Waals surface area contributed by atoms with Crippen LogP contribution in [0.25, 0.3) is 0 Å². The standard InChI is InChI=1S/C15H21ClN2O/c1-10(2)15(6-7-17-9-15)14(19)18-13-5-4-11(3)8-12(13)16/h4-5,8,10,17H,6-7,9H2,1-3H3,(H,18,19). The van der Waals surface area contributed by atoms with Gasteiger partial charge in [0.25, 0.3) is 0 Å². The lowest BCUT2D eigenvalue weighted by Gasteiger charge is -2.31. The molecular weight excluding hydrogens is 260 g/mol. The van der Waals surface area contributed by atoms with E-state index < -0.39 is 0 Å². The fraction of sp³-hybridized carbons (Fsp3) is 0.533. The van der Waals surface area contributed by atoms with Crippen LogP contribution in [0.3, 0.4) is 0 Å². The summed E-state index contributed by atoms with van der Waals surface area (Å²) in [5, 5.41) is 6.88. The van der Waals surface area contributed by atoms with Gasteiger partial charge in [0.15, 0.2) is 0 Å². The molecule has 1 aromatic rings. The first-order valence-electron chi connectivity index (χ1n) is 6.74. The van der Waals surface area contributed by atoms with Crippen LogP contribution in [0.4, 0.5) is 5.69 Å². The average Bonchev–Trinajstić information content (AvgIpc) is 2.83. The molecule has 1 fully saturated rings. The smallest absolute Gasteiger partial charge is 0.232 e. The fourth-order valence-corrected chi connectivity index (χ4v) is 2.91. The largest absolute Gasteiger partial charge is 0.324 e. The Bertz CT molecular complexity index is 479. The summed E-state index contributed by atoms with van der Waals surface area (Å²) in [4.78, 5) is 12.6. The van der Waals surface area contributed by atoms with Crippen LogP contribution in [0.1, 0.15) is 25.8 Å². The monoisotopic (exact) mass is 280 g/mol. The highest BCUT2D eigenvalue weighted by Crippen LogP contribution is 2.36. The third kappa shape index (κ3) is 2.77. The van der Waals surface area contributed by atoms with Gasteiger partial charge in [-0.3, -0.25) is 4.79 Å². The van der Waals surface area contributed by atoms with Crippen LogP contribution in [0.15, 0.2) is 18.2 Å². The number of nitrogens with one attached hydrogen (secondary N) is 2. The molecule has 0 aromatic heterocycles. The Labute approximate surface area is 119 Å². The normalized spacial score (nSPS) is 22.8. The molecule has 4 heteroatoms. The van der Waals surface area contributed by atoms with Crippen LogP contribution in [-0.4, -0.2) is 19.0 Å². The molecule has 2 rings (SSSR count). The molecule has 0 bridgehead atoms. The number of carbonyl (C=O) groups is 1. The highest BCUT2D eigenvalue weighted by atomic mass is 35.5. The van der Waals surface area contributed by atoms with Gasteiger partial charge in [-0.15, -0.1) is 0 Å². The molecule has 1 aliphatic heterocycles. The number of amides is 1. The van der Waals surface area contributed by atoms with Crippen molar-refractivity contribution in [1.29, 1.82) is 0 Å². The highest BCUT2D eigenvalue weighted by molar-refractivity contribution is 6.33. The van der Waals surface area contributed by atoms with Crippen molar-refractivity contribution in [2.75, 3.05) is 18.4 Å². The summed E-state index contributed by atoms with van der Waals surface area (Å²) >= 11 is 6.17. The topological polar surface area (TPSA) is 41.1 Å². The molecule has 104 valence electrons. The molecule has 2 N–H and O–H groups in total. The lowest BCUT2D eigenvalue weighted by atomic mass is 9.75. The SMILES string of the molecule is Cc1ccc(NC(=O)C2(C(C)C)CCNC2)c(Cl)c1. The molecule has 0 saturated carbocycles. The summed E-state index contributed by atoms with van der Waals surface area (Å²) in [5.41, 5.74) is 1.46. The van der Waals surface area contributed by atoms with Crippen molar-refractivity contribution in [2.45, 2.75) is 27.2 Å². The van der Waals surface area contributed by atoms with Gasteiger partial charge >= 0.3 is 0 Å². The van der Waals surface area contributed by atoms with Crippen LogP contribution in [-0.2, 0) is 4.79 Å². The number of aryl methyl sites for hydroxylation is 1. The van der Waals surface area contributed by atoms with Gasteiger partial charge in [-0.2, -0.15) is 0 Å². The van der Waals surface area contributed by atoms with Crippen molar-refractivity contribution < 1.29 is 4.79 Å². The van der Waals surface area contributed by atoms with Gasteiger partial charge in [0.1, 0.15) is 0 Å². The molecule has 1 saturated heterocycles. The van der Waals surface area contributed by atoms with Gasteiger partial charge in [-0.1, -0.05) is 31.5 Å². The van der Waals surface area contributed by atoms with Crippen molar-refractivity contribution in [3.8, 4) is 0 Å². The number of anilines is 1. The van der Waals surface area contributed by atoms with E-state index in [1.54, 1.807) is 0 Å². The molecule has 1 aromatic carbocycles. The number of hydrogen-bond acceptors (Lipinski definition) is 2. The zero-order valence-corrected chi connectivity index (χ0v) is 12.5. The lowest BCUT2D eigenvalue weighted by molar-refractivity contribution is -0.126. The van der Waals surface area contributed by atoms with Crippen LogP contribution in [0.2, 0.25) is 5.02 Å². The molecule has 1 heterocycles. The second-order valence-corrected chi connectivity index (χ2v) is 6.08. The summed E-state index contributed by atoms with van der Waals surface area (Å²) in [7, 11) is 0. The van der Waals surface area contributed by atoms with Crippen molar-refractivity contribution in [3.05, 3.63) is 28.8 Å². The number of carbonyl (C=O) groups excluding carboxylic acids is 1. The molecule has 1 amide bonds. The third-order valence-corrected chi connectivity index (χ3v) is 4.43. The van der Waals surface area contributed by atoms with Crippen LogP contribution >= 0.6 is 11.6 Å². The summed E-state index contributed by atoms with van der Waals surface area (Å²) in [6, 6.07) is 5.69. The minimum absolute atomic E-state index is 0.0678. The Balaban J connectivity index is 2.20. The molecule has 0 aliphatic carbocycles. The second kappa shape index (κ2) is 5.51. The first-order valence-corrected chi connectivity index (χ1v) is 7.12. The zero-order valence-electron chi connectivity index (χ0n) is 11.7. The summed E-state index contributed by atoms with van der Waals surface area (Å²) in [5.74, 6) is 0.366. The maximum absolute atomic E-state index is 12.6. The van der Waals surface area contributed by atoms with Crippen molar-refractivity contribution in [3.63, 3.8) is 0 Å². The van der Waals surface area contributed by atoms with Gasteiger partial charge in [-0.25, -0.2) is 0 Å². The van der Waals surface area contributed by atoms with Crippen LogP contribution < -0.4 is 10.6 Å². The van der Waals surface area contributed by atoms with Crippen molar-refractivity contribution >= 4 is 23.2 Å². The van der Waals surface area contributed by atoms with E-state index in [9.17, 15) is 4.79 Å². The van der Waals surface area contributed by atoms with E-state index in [1.807, 2.05) is 25.1 Å². The Morgan fingerprint density at radius 1 is 1.47 bits per heavy atom. The Morgan fingerprint density at radius 3 is 2.74 bits per heavy atom. The molecule has 0 radical (unpaired) electrons. The molecule has 1 atom stereocenters. The summed E-state index contributed by atoms with van der Waals surface area (Å²) < 4.78 is 0. The van der Waals surface area contributed by atoms with E-state index >= 15 is 0 Å². The molecule has 19 heavy (non-hydrogen) atoms. The number of benzene rings is 1. The molecule has 1 aliphatic rings. The fourth-order valence-electron chi connectivity index (χ4n) is 2.63. The predicted octanol–water partition coefficient (Wildman–Crippen LogP) is 3.22. The van der Waals surface area contributed by atoms with Gasteiger partial charge in [0.2, 0.25) is 5.91 Å². The zero-order chi connectivity index (χ0) is 14.0. The van der Waals surface area contributed by atoms with Crippen molar-refractivity contribution in [1.82, 2.24) is 5.32 Å². The Kier molecular flexibility index (Phi) is 4.16. The molecule has 0 spiro atoms. The summed E-state index contributed by atoms with van der Waals surface area (Å²) in [6.07, 6.45) is 0.875. The molecule has 1 unspecified atom stereocenters. The van der Waals surface area contributed by atoms with E-state index in [-0.39, 0.29) is 11.3 Å². The van der Waals surface area contributed by atoms with Crippen molar-refractivity contribution in [2.24, 2.45) is 11.3 Å². The highest BCUT2D eigenvalue weighted by Gasteiger charge is 2.43. The number of hydrogen-bond donors (Lipinski definition) is 2. The minimum atomic E-state index is -0.325. The van der Waals surface area contributed by atoms with Crippen LogP contribution in [0, 0.1) is 18.3 Å². The first kappa shape index (κ1) is 14.4. The van der Waals surface area contributed by atoms with Gasteiger partial charge in [0.05, 0.1) is 16.1 Å². The van der Waals surface area contributed by atoms with Gasteiger partial charge in [-0.05, 0) is 43.5 Å². The molecule has 3 nitrogen and oxygen atoms in total. The van der Waals surface area contributed by atoms with Gasteiger partial charge in [0, 0.05) is 6.54 Å². The van der Waals surface area contributed by atoms with E-state index in [4.69, 9.17) is 11.6 Å². The van der Waals surface area contributed by atoms with E-state index in [0.29, 0.717) is 16.6 Å². The second-order valence-electron chi connectivity index (χ2n) is 5.68. The maximum Gasteiger partial charge on any atom is 0.232 e. The van der Waals surface area contributed by atoms with Crippen LogP contribution in [0.5, 0.6) is 0 Å². The minimum Gasteiger partial charge on any atom is -0.324 e. The third-order valence-electron chi connectivity index (χ3n) is 4.12. The lowest BCUT2D eigenvalue weighted by Crippen LogP contribution is -2.42. The Morgan fingerprint density at radius 2 is 2.21 bits per heavy atom. The first-order chi connectivity index (χ1) is 8.95. The summed E-state index contributed by atoms with van der Waals surface area (Å²) in [6.45, 7) is 7.81. The van der Waals surface area contributed by atoms with E-state index in [1.165, 1.54) is 0 Å².